The van der Waals surface area contributed by atoms with Gasteiger partial charge in [-0.3, -0.25) is 14.9 Å². The molecule has 0 aliphatic heterocycles. The number of nitrogens with one attached hydrogen (secondary N) is 1. The maximum Gasteiger partial charge on any atom is 0.433 e. The Balaban J connectivity index is 1.39. The molecule has 0 atom stereocenters. The Kier molecular flexibility index (Phi) is 6.54. The van der Waals surface area contributed by atoms with E-state index in [9.17, 15) is 33.2 Å². The van der Waals surface area contributed by atoms with Gasteiger partial charge in [0, 0.05) is 22.6 Å². The number of fused-ring (bicyclic) bond motifs is 1. The molecule has 1 amide bonds. The number of carbonyl (C=O) groups excluding carboxylic acids is 1. The van der Waals surface area contributed by atoms with Crippen LogP contribution in [0.25, 0.3) is 27.2 Å². The SMILES string of the molecule is O=C(N/N=C/c1ccc([N+](=O)[O-])cc1O)c1csc(-n2nc(-c3ccc4ccccc4c3)cc2C(F)(F)F)n1. The Labute approximate surface area is 220 Å². The summed E-state index contributed by atoms with van der Waals surface area (Å²) in [6.45, 7) is 0. The van der Waals surface area contributed by atoms with Gasteiger partial charge in [0.2, 0.25) is 5.13 Å². The zero-order valence-electron chi connectivity index (χ0n) is 19.5. The van der Waals surface area contributed by atoms with Gasteiger partial charge >= 0.3 is 6.18 Å². The van der Waals surface area contributed by atoms with Gasteiger partial charge in [0.05, 0.1) is 22.9 Å². The minimum atomic E-state index is -4.74. The first-order chi connectivity index (χ1) is 18.6. The Morgan fingerprint density at radius 3 is 2.59 bits per heavy atom. The predicted octanol–water partition coefficient (Wildman–Crippen LogP) is 5.55. The summed E-state index contributed by atoms with van der Waals surface area (Å²) >= 11 is 0.782. The molecule has 0 bridgehead atoms. The summed E-state index contributed by atoms with van der Waals surface area (Å²) in [4.78, 5) is 26.5. The molecule has 196 valence electrons. The molecule has 0 saturated heterocycles. The summed E-state index contributed by atoms with van der Waals surface area (Å²) in [6, 6.07) is 16.8. The van der Waals surface area contributed by atoms with Gasteiger partial charge in [-0.2, -0.15) is 23.4 Å². The van der Waals surface area contributed by atoms with Crippen molar-refractivity contribution in [1.29, 1.82) is 0 Å². The first-order valence-corrected chi connectivity index (χ1v) is 11.9. The molecule has 0 radical (unpaired) electrons. The smallest absolute Gasteiger partial charge is 0.433 e. The molecule has 0 fully saturated rings. The van der Waals surface area contributed by atoms with Crippen molar-refractivity contribution in [1.82, 2.24) is 20.2 Å². The van der Waals surface area contributed by atoms with Crippen LogP contribution in [0.3, 0.4) is 0 Å². The number of nitro benzene ring substituents is 1. The number of carbonyl (C=O) groups is 1. The minimum absolute atomic E-state index is 0.0850. The van der Waals surface area contributed by atoms with E-state index in [-0.39, 0.29) is 27.8 Å². The number of aromatic hydroxyl groups is 1. The number of halogens is 3. The molecular weight excluding hydrogens is 537 g/mol. The van der Waals surface area contributed by atoms with Crippen LogP contribution in [0.2, 0.25) is 0 Å². The van der Waals surface area contributed by atoms with Crippen LogP contribution in [-0.2, 0) is 6.18 Å². The number of alkyl halides is 3. The van der Waals surface area contributed by atoms with Gasteiger partial charge in [-0.25, -0.2) is 15.1 Å². The molecule has 2 heterocycles. The summed E-state index contributed by atoms with van der Waals surface area (Å²) in [6.07, 6.45) is -3.69. The lowest BCUT2D eigenvalue weighted by atomic mass is 10.1. The number of hydrazone groups is 1. The number of benzene rings is 3. The maximum absolute atomic E-state index is 13.9. The number of rotatable bonds is 6. The number of amides is 1. The largest absolute Gasteiger partial charge is 0.507 e. The lowest BCUT2D eigenvalue weighted by Crippen LogP contribution is -2.18. The van der Waals surface area contributed by atoms with Gasteiger partial charge in [0.25, 0.3) is 11.6 Å². The fraction of sp³-hybridized carbons (Fsp3) is 0.0400. The van der Waals surface area contributed by atoms with E-state index in [2.05, 4.69) is 20.6 Å². The standard InChI is InChI=1S/C25H15F3N6O4S/c26-25(27,28)22-11-19(16-6-5-14-3-1-2-4-15(14)9-16)32-33(22)24-30-20(13-39-24)23(36)31-29-12-17-7-8-18(34(37)38)10-21(17)35/h1-13,35H,(H,31,36)/b29-12+. The van der Waals surface area contributed by atoms with Gasteiger partial charge in [-0.05, 0) is 29.0 Å². The average Bonchev–Trinajstić information content (AvgIpc) is 3.57. The summed E-state index contributed by atoms with van der Waals surface area (Å²) in [5, 5.41) is 31.3. The third-order valence-electron chi connectivity index (χ3n) is 5.55. The molecule has 2 aromatic heterocycles. The molecule has 0 saturated carbocycles. The molecule has 14 heteroatoms. The average molecular weight is 552 g/mol. The Morgan fingerprint density at radius 2 is 1.87 bits per heavy atom. The van der Waals surface area contributed by atoms with Crippen molar-refractivity contribution in [2.45, 2.75) is 6.18 Å². The zero-order valence-corrected chi connectivity index (χ0v) is 20.3. The second kappa shape index (κ2) is 9.98. The monoisotopic (exact) mass is 552 g/mol. The number of hydrogen-bond donors (Lipinski definition) is 2. The molecule has 3 aromatic carbocycles. The highest BCUT2D eigenvalue weighted by Crippen LogP contribution is 2.35. The third-order valence-corrected chi connectivity index (χ3v) is 6.36. The van der Waals surface area contributed by atoms with Crippen LogP contribution in [0, 0.1) is 10.1 Å². The molecule has 0 unspecified atom stereocenters. The normalized spacial score (nSPS) is 11.8. The van der Waals surface area contributed by atoms with Gasteiger partial charge in [0.1, 0.15) is 11.4 Å². The third kappa shape index (κ3) is 5.31. The first-order valence-electron chi connectivity index (χ1n) is 11.0. The fourth-order valence-corrected chi connectivity index (χ4v) is 4.42. The molecule has 0 aliphatic rings. The quantitative estimate of drug-likeness (QED) is 0.161. The fourth-order valence-electron chi connectivity index (χ4n) is 3.66. The highest BCUT2D eigenvalue weighted by molar-refractivity contribution is 7.12. The van der Waals surface area contributed by atoms with Crippen molar-refractivity contribution < 1.29 is 28.0 Å². The maximum atomic E-state index is 13.9. The van der Waals surface area contributed by atoms with E-state index in [0.29, 0.717) is 10.2 Å². The topological polar surface area (TPSA) is 136 Å². The number of phenols is 1. The number of phenolic OH excluding ortho intramolecular Hbond substituents is 1. The number of aromatic nitrogens is 3. The lowest BCUT2D eigenvalue weighted by Gasteiger charge is -2.06. The van der Waals surface area contributed by atoms with E-state index in [0.717, 1.165) is 46.5 Å². The van der Waals surface area contributed by atoms with Crippen molar-refractivity contribution in [3.63, 3.8) is 0 Å². The molecule has 5 aromatic rings. The number of non-ortho nitro benzene ring substituents is 1. The highest BCUT2D eigenvalue weighted by Gasteiger charge is 2.37. The van der Waals surface area contributed by atoms with Crippen LogP contribution in [0.5, 0.6) is 5.75 Å². The van der Waals surface area contributed by atoms with E-state index in [1.807, 2.05) is 24.3 Å². The van der Waals surface area contributed by atoms with Gasteiger partial charge in [-0.15, -0.1) is 11.3 Å². The van der Waals surface area contributed by atoms with Crippen LogP contribution in [0.4, 0.5) is 18.9 Å². The number of nitrogens with zero attached hydrogens (tertiary/aromatic N) is 5. The zero-order chi connectivity index (χ0) is 27.7. The van der Waals surface area contributed by atoms with Gasteiger partial charge in [0.15, 0.2) is 5.69 Å². The van der Waals surface area contributed by atoms with Gasteiger partial charge < -0.3 is 5.11 Å². The molecule has 0 spiro atoms. The molecule has 10 nitrogen and oxygen atoms in total. The van der Waals surface area contributed by atoms with E-state index in [1.54, 1.807) is 18.2 Å². The predicted molar refractivity (Wildman–Crippen MR) is 137 cm³/mol. The van der Waals surface area contributed by atoms with Crippen molar-refractivity contribution in [3.05, 3.63) is 99.2 Å². The second-order valence-electron chi connectivity index (χ2n) is 8.10. The van der Waals surface area contributed by atoms with Crippen molar-refractivity contribution in [2.24, 2.45) is 5.10 Å². The van der Waals surface area contributed by atoms with Crippen LogP contribution in [0.1, 0.15) is 21.7 Å². The molecule has 5 rings (SSSR count). The van der Waals surface area contributed by atoms with E-state index in [4.69, 9.17) is 0 Å². The first kappa shape index (κ1) is 25.5. The molecule has 0 aliphatic carbocycles. The van der Waals surface area contributed by atoms with E-state index in [1.165, 1.54) is 11.4 Å². The van der Waals surface area contributed by atoms with Crippen molar-refractivity contribution >= 4 is 39.9 Å². The molecular formula is C25H15F3N6O4S. The summed E-state index contributed by atoms with van der Waals surface area (Å²) < 4.78 is 42.3. The summed E-state index contributed by atoms with van der Waals surface area (Å²) in [5.74, 6) is -1.26. The van der Waals surface area contributed by atoms with E-state index >= 15 is 0 Å². The van der Waals surface area contributed by atoms with Crippen molar-refractivity contribution in [2.75, 3.05) is 0 Å². The van der Waals surface area contributed by atoms with Crippen LogP contribution in [-0.4, -0.2) is 36.9 Å². The van der Waals surface area contributed by atoms with Gasteiger partial charge in [-0.1, -0.05) is 36.4 Å². The lowest BCUT2D eigenvalue weighted by molar-refractivity contribution is -0.384. The number of hydrogen-bond acceptors (Lipinski definition) is 8. The van der Waals surface area contributed by atoms with Crippen molar-refractivity contribution in [3.8, 4) is 22.1 Å². The highest BCUT2D eigenvalue weighted by atomic mass is 32.1. The number of nitro groups is 1. The Morgan fingerprint density at radius 1 is 1.10 bits per heavy atom. The Hall–Kier alpha value is -5.11. The van der Waals surface area contributed by atoms with Crippen LogP contribution in [0.15, 0.2) is 77.2 Å². The van der Waals surface area contributed by atoms with Crippen LogP contribution >= 0.6 is 11.3 Å². The van der Waals surface area contributed by atoms with E-state index < -0.39 is 28.5 Å². The summed E-state index contributed by atoms with van der Waals surface area (Å²) in [7, 11) is 0. The minimum Gasteiger partial charge on any atom is -0.507 e. The molecule has 39 heavy (non-hydrogen) atoms. The Bertz CT molecular complexity index is 1760. The second-order valence-corrected chi connectivity index (χ2v) is 8.94. The van der Waals surface area contributed by atoms with Crippen LogP contribution < -0.4 is 5.43 Å². The summed E-state index contributed by atoms with van der Waals surface area (Å²) in [5.41, 5.74) is 1.21. The molecule has 2 N–H and O–H groups in total. The number of thiazole rings is 1.